The minimum absolute atomic E-state index is 0.0406. The molecule has 1 saturated carbocycles. The van der Waals surface area contributed by atoms with Gasteiger partial charge in [-0.1, -0.05) is 6.07 Å². The molecule has 1 aliphatic rings. The van der Waals surface area contributed by atoms with E-state index in [1.807, 2.05) is 0 Å². The molecule has 4 rings (SSSR count). The van der Waals surface area contributed by atoms with Crippen molar-refractivity contribution in [3.05, 3.63) is 66.1 Å². The molecular weight excluding hydrogens is 497 g/mol. The zero-order valence-electron chi connectivity index (χ0n) is 21.4. The summed E-state index contributed by atoms with van der Waals surface area (Å²) in [6, 6.07) is 11.8. The summed E-state index contributed by atoms with van der Waals surface area (Å²) in [5.41, 5.74) is 6.09. The Morgan fingerprint density at radius 3 is 2.51 bits per heavy atom. The van der Waals surface area contributed by atoms with Crippen LogP contribution in [0.5, 0.6) is 5.75 Å². The largest absolute Gasteiger partial charge is 0.493 e. The van der Waals surface area contributed by atoms with E-state index in [-0.39, 0.29) is 28.4 Å². The number of carbonyl (C=O) groups is 1. The molecule has 1 aliphatic carbocycles. The van der Waals surface area contributed by atoms with E-state index in [0.29, 0.717) is 23.8 Å². The number of hydrogen-bond donors (Lipinski definition) is 1. The lowest BCUT2D eigenvalue weighted by Gasteiger charge is -2.24. The maximum absolute atomic E-state index is 15.3. The Morgan fingerprint density at radius 1 is 1.16 bits per heavy atom. The highest BCUT2D eigenvalue weighted by Crippen LogP contribution is 2.33. The van der Waals surface area contributed by atoms with E-state index < -0.39 is 27.5 Å². The van der Waals surface area contributed by atoms with Crippen LogP contribution in [-0.2, 0) is 21.3 Å². The van der Waals surface area contributed by atoms with Gasteiger partial charge >= 0.3 is 6.09 Å². The molecule has 0 spiro atoms. The third kappa shape index (κ3) is 6.43. The van der Waals surface area contributed by atoms with Gasteiger partial charge < -0.3 is 20.1 Å². The van der Waals surface area contributed by atoms with Gasteiger partial charge in [-0.2, -0.15) is 0 Å². The number of carbonyl (C=O) groups excluding carboxylic acids is 1. The molecule has 1 aromatic heterocycles. The monoisotopic (exact) mass is 529 g/mol. The molecule has 198 valence electrons. The molecule has 1 fully saturated rings. The number of benzene rings is 2. The molecule has 8 nitrogen and oxygen atoms in total. The molecule has 37 heavy (non-hydrogen) atoms. The topological polar surface area (TPSA) is 104 Å². The average Bonchev–Trinajstić information content (AvgIpc) is 3.54. The van der Waals surface area contributed by atoms with Crippen LogP contribution < -0.4 is 10.5 Å². The lowest BCUT2D eigenvalue weighted by Crippen LogP contribution is -2.33. The summed E-state index contributed by atoms with van der Waals surface area (Å²) in [4.78, 5) is 13.8. The second-order valence-corrected chi connectivity index (χ2v) is 12.2. The Hall–Kier alpha value is -3.53. The van der Waals surface area contributed by atoms with Crippen LogP contribution in [0.1, 0.15) is 39.2 Å². The SMILES string of the molecule is CN(Cc1cc(-c2ccc(OCC3CC3)cc2F)n(S(=O)(=O)c2cccc(N)c2)c1)C(=O)OC(C)(C)C. The number of nitrogens with zero attached hydrogens (tertiary/aromatic N) is 2. The van der Waals surface area contributed by atoms with Crippen LogP contribution in [0, 0.1) is 11.7 Å². The Morgan fingerprint density at radius 2 is 1.89 bits per heavy atom. The first-order valence-corrected chi connectivity index (χ1v) is 13.5. The van der Waals surface area contributed by atoms with Crippen molar-refractivity contribution in [1.82, 2.24) is 8.87 Å². The van der Waals surface area contributed by atoms with E-state index in [0.717, 1.165) is 16.8 Å². The highest BCUT2D eigenvalue weighted by Gasteiger charge is 2.26. The van der Waals surface area contributed by atoms with E-state index >= 15 is 4.39 Å². The summed E-state index contributed by atoms with van der Waals surface area (Å²) >= 11 is 0. The first-order chi connectivity index (χ1) is 17.3. The molecule has 0 saturated heterocycles. The molecular formula is C27H32FN3O5S. The maximum atomic E-state index is 15.3. The van der Waals surface area contributed by atoms with Crippen molar-refractivity contribution in [1.29, 1.82) is 0 Å². The van der Waals surface area contributed by atoms with Gasteiger partial charge in [0.25, 0.3) is 10.0 Å². The average molecular weight is 530 g/mol. The summed E-state index contributed by atoms with van der Waals surface area (Å²) in [5.74, 6) is 0.269. The summed E-state index contributed by atoms with van der Waals surface area (Å²) in [6.07, 6.45) is 3.03. The number of aromatic nitrogens is 1. The summed E-state index contributed by atoms with van der Waals surface area (Å²) in [6.45, 7) is 5.84. The summed E-state index contributed by atoms with van der Waals surface area (Å²) < 4.78 is 54.6. The lowest BCUT2D eigenvalue weighted by atomic mass is 10.1. The molecule has 0 unspecified atom stereocenters. The molecule has 10 heteroatoms. The molecule has 2 aromatic carbocycles. The molecule has 1 amide bonds. The van der Waals surface area contributed by atoms with Crippen molar-refractivity contribution in [2.24, 2.45) is 5.92 Å². The zero-order chi connectivity index (χ0) is 27.0. The van der Waals surface area contributed by atoms with Crippen molar-refractivity contribution in [3.63, 3.8) is 0 Å². The van der Waals surface area contributed by atoms with Crippen LogP contribution in [0.4, 0.5) is 14.9 Å². The van der Waals surface area contributed by atoms with Gasteiger partial charge in [0.1, 0.15) is 17.2 Å². The van der Waals surface area contributed by atoms with Crippen molar-refractivity contribution in [2.75, 3.05) is 19.4 Å². The van der Waals surface area contributed by atoms with Gasteiger partial charge in [0, 0.05) is 30.6 Å². The third-order valence-electron chi connectivity index (χ3n) is 5.78. The van der Waals surface area contributed by atoms with Crippen molar-refractivity contribution >= 4 is 21.8 Å². The summed E-state index contributed by atoms with van der Waals surface area (Å²) in [7, 11) is -2.59. The minimum atomic E-state index is -4.14. The minimum Gasteiger partial charge on any atom is -0.493 e. The molecule has 1 heterocycles. The molecule has 0 bridgehead atoms. The third-order valence-corrected chi connectivity index (χ3v) is 7.45. The standard InChI is InChI=1S/C27H32FN3O5S/c1-27(2,3)36-26(32)30(4)15-19-12-25(23-11-10-21(14-24(23)28)35-17-18-8-9-18)31(16-19)37(33,34)22-7-5-6-20(29)13-22/h5-7,10-14,16,18H,8-9,15,17,29H2,1-4H3. The van der Waals surface area contributed by atoms with Gasteiger partial charge in [0.15, 0.2) is 0 Å². The summed E-state index contributed by atoms with van der Waals surface area (Å²) in [5, 5.41) is 0. The van der Waals surface area contributed by atoms with Gasteiger partial charge in [-0.3, -0.25) is 0 Å². The fourth-order valence-electron chi connectivity index (χ4n) is 3.74. The second-order valence-electron chi connectivity index (χ2n) is 10.3. The normalized spacial score (nSPS) is 13.9. The van der Waals surface area contributed by atoms with Crippen LogP contribution in [-0.4, -0.2) is 42.6 Å². The lowest BCUT2D eigenvalue weighted by molar-refractivity contribution is 0.0285. The van der Waals surface area contributed by atoms with Crippen LogP contribution in [0.15, 0.2) is 59.6 Å². The molecule has 3 aromatic rings. The Kier molecular flexibility index (Phi) is 7.23. The maximum Gasteiger partial charge on any atom is 0.410 e. The Labute approximate surface area is 216 Å². The number of nitrogens with two attached hydrogens (primary N) is 1. The van der Waals surface area contributed by atoms with Gasteiger partial charge in [0.05, 0.1) is 23.7 Å². The number of hydrogen-bond acceptors (Lipinski definition) is 6. The van der Waals surface area contributed by atoms with Crippen molar-refractivity contribution in [3.8, 4) is 17.0 Å². The predicted octanol–water partition coefficient (Wildman–Crippen LogP) is 5.27. The van der Waals surface area contributed by atoms with Crippen molar-refractivity contribution < 1.29 is 27.1 Å². The first-order valence-electron chi connectivity index (χ1n) is 12.0. The predicted molar refractivity (Wildman–Crippen MR) is 139 cm³/mol. The molecule has 0 atom stereocenters. The second kappa shape index (κ2) is 10.1. The van der Waals surface area contributed by atoms with E-state index in [1.54, 1.807) is 46.0 Å². The fourth-order valence-corrected chi connectivity index (χ4v) is 5.18. The number of amides is 1. The van der Waals surface area contributed by atoms with E-state index in [4.69, 9.17) is 15.2 Å². The smallest absolute Gasteiger partial charge is 0.410 e. The highest BCUT2D eigenvalue weighted by atomic mass is 32.2. The number of rotatable bonds is 8. The van der Waals surface area contributed by atoms with Gasteiger partial charge in [-0.25, -0.2) is 21.6 Å². The van der Waals surface area contributed by atoms with Gasteiger partial charge in [0.2, 0.25) is 0 Å². The molecule has 0 aliphatic heterocycles. The van der Waals surface area contributed by atoms with Crippen LogP contribution in [0.3, 0.4) is 0 Å². The fraction of sp³-hybridized carbons (Fsp3) is 0.370. The van der Waals surface area contributed by atoms with Crippen LogP contribution in [0.2, 0.25) is 0 Å². The van der Waals surface area contributed by atoms with E-state index in [1.165, 1.54) is 41.4 Å². The van der Waals surface area contributed by atoms with Gasteiger partial charge in [-0.15, -0.1) is 0 Å². The van der Waals surface area contributed by atoms with Crippen LogP contribution in [0.25, 0.3) is 11.3 Å². The molecule has 0 radical (unpaired) electrons. The van der Waals surface area contributed by atoms with Crippen molar-refractivity contribution in [2.45, 2.75) is 50.7 Å². The number of nitrogen functional groups attached to an aromatic ring is 1. The zero-order valence-corrected chi connectivity index (χ0v) is 22.2. The highest BCUT2D eigenvalue weighted by molar-refractivity contribution is 7.90. The van der Waals surface area contributed by atoms with Crippen LogP contribution >= 0.6 is 0 Å². The number of ether oxygens (including phenoxy) is 2. The Balaban J connectivity index is 1.72. The van der Waals surface area contributed by atoms with E-state index in [9.17, 15) is 13.2 Å². The number of anilines is 1. The number of halogens is 1. The first kappa shape index (κ1) is 26.5. The van der Waals surface area contributed by atoms with Gasteiger partial charge in [-0.05, 0) is 81.5 Å². The van der Waals surface area contributed by atoms with E-state index in [2.05, 4.69) is 0 Å². The molecule has 2 N–H and O–H groups in total. The quantitative estimate of drug-likeness (QED) is 0.399. The Bertz CT molecular complexity index is 1410.